The molecule has 5 unspecified atom stereocenters. The van der Waals surface area contributed by atoms with Gasteiger partial charge in [0.25, 0.3) is 0 Å². The van der Waals surface area contributed by atoms with Gasteiger partial charge in [-0.25, -0.2) is 9.97 Å². The van der Waals surface area contributed by atoms with Crippen molar-refractivity contribution in [2.45, 2.75) is 43.7 Å². The Morgan fingerprint density at radius 3 is 1.84 bits per heavy atom. The highest BCUT2D eigenvalue weighted by Gasteiger charge is 2.50. The van der Waals surface area contributed by atoms with Crippen LogP contribution in [0.3, 0.4) is 0 Å². The Bertz CT molecular complexity index is 2110. The third-order valence-corrected chi connectivity index (χ3v) is 9.88. The lowest BCUT2D eigenvalue weighted by molar-refractivity contribution is -0.151. The summed E-state index contributed by atoms with van der Waals surface area (Å²) in [6.07, 6.45) is -0.577. The number of benzene rings is 4. The standard InChI is InChI=1S/C34H30N2O5.C9H14O5/c1-23(37)39-21-22-41-27-17-13-25(14-18-27)34(24-11-15-26(16-12-24)40-20-19-38-2)29-8-4-3-7-28(29)32-33(34)36-31-10-6-5-9-30(31)35-32;1-5(10)14-7-4-13-8-6(11-2)3-12-9(7)8/h3-18H,19-22H2,1-2H3;6-9H,3-4H2,1-2H3. The Balaban J connectivity index is 0.000000278. The molecular formula is C43H44N2O10. The molecule has 0 radical (unpaired) electrons. The Hall–Kier alpha value is -5.40. The van der Waals surface area contributed by atoms with E-state index in [4.69, 9.17) is 47.9 Å². The van der Waals surface area contributed by atoms with Crippen LogP contribution in [-0.2, 0) is 43.4 Å². The molecule has 3 heterocycles. The fourth-order valence-electron chi connectivity index (χ4n) is 7.48. The molecule has 5 atom stereocenters. The average molecular weight is 749 g/mol. The highest BCUT2D eigenvalue weighted by atomic mass is 16.7. The number of methoxy groups -OCH3 is 2. The maximum absolute atomic E-state index is 11.1. The number of rotatable bonds is 12. The second-order valence-electron chi connectivity index (χ2n) is 13.3. The van der Waals surface area contributed by atoms with Gasteiger partial charge in [0.1, 0.15) is 49.6 Å². The third-order valence-electron chi connectivity index (χ3n) is 9.88. The van der Waals surface area contributed by atoms with Crippen LogP contribution < -0.4 is 9.47 Å². The SMILES string of the molecule is COC1COC2C(OC(C)=O)COC12.COCCOc1ccc(C2(c3ccc(OCCOC(C)=O)cc3)c3ccccc3-c3nc4ccccc4nc32)cc1. The summed E-state index contributed by atoms with van der Waals surface area (Å²) in [4.78, 5) is 32.3. The Kier molecular flexibility index (Phi) is 11.7. The molecule has 0 bridgehead atoms. The van der Waals surface area contributed by atoms with Gasteiger partial charge < -0.3 is 37.9 Å². The van der Waals surface area contributed by atoms with Crippen LogP contribution in [0.2, 0.25) is 0 Å². The minimum atomic E-state index is -0.718. The molecule has 0 N–H and O–H groups in total. The van der Waals surface area contributed by atoms with Crippen molar-refractivity contribution in [3.05, 3.63) is 119 Å². The number of carbonyl (C=O) groups excluding carboxylic acids is 2. The van der Waals surface area contributed by atoms with Gasteiger partial charge in [0.2, 0.25) is 0 Å². The van der Waals surface area contributed by atoms with Crippen LogP contribution in [0, 0.1) is 0 Å². The molecule has 286 valence electrons. The highest BCUT2D eigenvalue weighted by molar-refractivity contribution is 5.87. The van der Waals surface area contributed by atoms with Crippen LogP contribution in [-0.4, -0.2) is 100 Å². The van der Waals surface area contributed by atoms with E-state index in [0.29, 0.717) is 32.2 Å². The van der Waals surface area contributed by atoms with Gasteiger partial charge in [-0.2, -0.15) is 0 Å². The van der Waals surface area contributed by atoms with Crippen LogP contribution in [0.25, 0.3) is 22.3 Å². The monoisotopic (exact) mass is 748 g/mol. The lowest BCUT2D eigenvalue weighted by Gasteiger charge is -2.32. The number of para-hydroxylation sites is 2. The zero-order valence-electron chi connectivity index (χ0n) is 31.3. The van der Waals surface area contributed by atoms with E-state index < -0.39 is 5.41 Å². The summed E-state index contributed by atoms with van der Waals surface area (Å²) in [5.41, 5.74) is 7.00. The van der Waals surface area contributed by atoms with E-state index in [2.05, 4.69) is 42.5 Å². The van der Waals surface area contributed by atoms with E-state index >= 15 is 0 Å². The lowest BCUT2D eigenvalue weighted by Crippen LogP contribution is -2.34. The molecule has 12 nitrogen and oxygen atoms in total. The highest BCUT2D eigenvalue weighted by Crippen LogP contribution is 2.55. The number of fused-ring (bicyclic) bond motifs is 5. The smallest absolute Gasteiger partial charge is 0.303 e. The predicted octanol–water partition coefficient (Wildman–Crippen LogP) is 5.69. The van der Waals surface area contributed by atoms with Crippen molar-refractivity contribution in [1.29, 1.82) is 0 Å². The third kappa shape index (κ3) is 7.76. The summed E-state index contributed by atoms with van der Waals surface area (Å²) in [7, 11) is 3.28. The van der Waals surface area contributed by atoms with Crippen LogP contribution >= 0.6 is 0 Å². The van der Waals surface area contributed by atoms with E-state index in [0.717, 1.165) is 50.4 Å². The van der Waals surface area contributed by atoms with Gasteiger partial charge in [-0.05, 0) is 53.1 Å². The first-order chi connectivity index (χ1) is 26.8. The number of ether oxygens (including phenoxy) is 8. The van der Waals surface area contributed by atoms with Crippen molar-refractivity contribution < 1.29 is 47.5 Å². The van der Waals surface area contributed by atoms with Crippen molar-refractivity contribution >= 4 is 23.0 Å². The first-order valence-corrected chi connectivity index (χ1v) is 18.2. The molecular weight excluding hydrogens is 704 g/mol. The summed E-state index contributed by atoms with van der Waals surface area (Å²) >= 11 is 0. The van der Waals surface area contributed by atoms with Gasteiger partial charge in [0.15, 0.2) is 6.10 Å². The molecule has 2 saturated heterocycles. The zero-order valence-corrected chi connectivity index (χ0v) is 31.3. The second-order valence-corrected chi connectivity index (χ2v) is 13.3. The summed E-state index contributed by atoms with van der Waals surface area (Å²) in [5, 5.41) is 0. The number of carbonyl (C=O) groups is 2. The Morgan fingerprint density at radius 1 is 0.673 bits per heavy atom. The number of hydrogen-bond donors (Lipinski definition) is 0. The van der Waals surface area contributed by atoms with E-state index in [-0.39, 0.29) is 49.6 Å². The molecule has 0 spiro atoms. The molecule has 12 heteroatoms. The first kappa shape index (κ1) is 37.9. The maximum Gasteiger partial charge on any atom is 0.303 e. The van der Waals surface area contributed by atoms with Crippen LogP contribution in [0.5, 0.6) is 11.5 Å². The first-order valence-electron chi connectivity index (χ1n) is 18.2. The van der Waals surface area contributed by atoms with Gasteiger partial charge in [0, 0.05) is 33.6 Å². The molecule has 2 fully saturated rings. The minimum absolute atomic E-state index is 0.0411. The fraction of sp³-hybridized carbons (Fsp3) is 0.349. The Labute approximate surface area is 319 Å². The molecule has 1 aliphatic carbocycles. The number of nitrogens with zero attached hydrogens (tertiary/aromatic N) is 2. The number of esters is 2. The summed E-state index contributed by atoms with van der Waals surface area (Å²) in [6.45, 7) is 5.14. The number of aromatic nitrogens is 2. The van der Waals surface area contributed by atoms with Gasteiger partial charge in [-0.15, -0.1) is 0 Å². The largest absolute Gasteiger partial charge is 0.491 e. The van der Waals surface area contributed by atoms with Gasteiger partial charge in [-0.1, -0.05) is 60.7 Å². The predicted molar refractivity (Wildman–Crippen MR) is 202 cm³/mol. The van der Waals surface area contributed by atoms with Crippen molar-refractivity contribution in [2.75, 3.05) is 53.9 Å². The summed E-state index contributed by atoms with van der Waals surface area (Å²) in [5.74, 6) is 0.833. The molecule has 0 saturated carbocycles. The van der Waals surface area contributed by atoms with Crippen LogP contribution in [0.4, 0.5) is 0 Å². The van der Waals surface area contributed by atoms with Crippen molar-refractivity contribution in [2.24, 2.45) is 0 Å². The van der Waals surface area contributed by atoms with E-state index in [1.165, 1.54) is 13.8 Å². The molecule has 4 aromatic carbocycles. The topological polar surface area (TPSA) is 134 Å². The molecule has 5 aromatic rings. The average Bonchev–Trinajstić information content (AvgIpc) is 3.88. The minimum Gasteiger partial charge on any atom is -0.491 e. The van der Waals surface area contributed by atoms with Crippen molar-refractivity contribution in [3.63, 3.8) is 0 Å². The number of hydrogen-bond acceptors (Lipinski definition) is 12. The normalized spacial score (nSPS) is 21.8. The van der Waals surface area contributed by atoms with Crippen LogP contribution in [0.1, 0.15) is 36.2 Å². The summed E-state index contributed by atoms with van der Waals surface area (Å²) < 4.78 is 43.0. The zero-order chi connectivity index (χ0) is 38.4. The molecule has 1 aromatic heterocycles. The van der Waals surface area contributed by atoms with Crippen molar-refractivity contribution in [1.82, 2.24) is 9.97 Å². The van der Waals surface area contributed by atoms with Gasteiger partial charge in [0.05, 0.1) is 47.7 Å². The summed E-state index contributed by atoms with van der Waals surface area (Å²) in [6, 6.07) is 32.6. The fourth-order valence-corrected chi connectivity index (χ4v) is 7.48. The van der Waals surface area contributed by atoms with Crippen molar-refractivity contribution in [3.8, 4) is 22.8 Å². The lowest BCUT2D eigenvalue weighted by atomic mass is 9.69. The van der Waals surface area contributed by atoms with E-state index in [1.54, 1.807) is 14.2 Å². The second kappa shape index (κ2) is 17.0. The van der Waals surface area contributed by atoms with Gasteiger partial charge >= 0.3 is 11.9 Å². The Morgan fingerprint density at radius 2 is 1.24 bits per heavy atom. The molecule has 8 rings (SSSR count). The van der Waals surface area contributed by atoms with E-state index in [1.807, 2.05) is 54.6 Å². The quantitative estimate of drug-likeness (QED) is 0.112. The molecule has 55 heavy (non-hydrogen) atoms. The van der Waals surface area contributed by atoms with Gasteiger partial charge in [-0.3, -0.25) is 9.59 Å². The van der Waals surface area contributed by atoms with E-state index in [9.17, 15) is 9.59 Å². The molecule has 3 aliphatic rings. The molecule has 0 amide bonds. The maximum atomic E-state index is 11.1. The van der Waals surface area contributed by atoms with Crippen LogP contribution in [0.15, 0.2) is 97.1 Å². The molecule has 2 aliphatic heterocycles.